The smallest absolute Gasteiger partial charge is 0.268 e. The van der Waals surface area contributed by atoms with E-state index in [1.807, 2.05) is 30.3 Å². The van der Waals surface area contributed by atoms with Crippen molar-refractivity contribution in [2.75, 3.05) is 13.7 Å². The molecule has 0 bridgehead atoms. The first kappa shape index (κ1) is 15.3. The highest BCUT2D eigenvalue weighted by atomic mass is 16.5. The lowest BCUT2D eigenvalue weighted by Crippen LogP contribution is -2.24. The van der Waals surface area contributed by atoms with Gasteiger partial charge in [-0.2, -0.15) is 5.10 Å². The van der Waals surface area contributed by atoms with Crippen molar-refractivity contribution in [1.82, 2.24) is 15.5 Å². The molecule has 5 nitrogen and oxygen atoms in total. The summed E-state index contributed by atoms with van der Waals surface area (Å²) in [6.07, 6.45) is 0. The van der Waals surface area contributed by atoms with Crippen LogP contribution in [0.3, 0.4) is 0 Å². The number of aromatic nitrogens is 2. The Morgan fingerprint density at radius 1 is 1.29 bits per heavy atom. The summed E-state index contributed by atoms with van der Waals surface area (Å²) in [5.41, 5.74) is 2.23. The summed E-state index contributed by atoms with van der Waals surface area (Å²) in [6, 6.07) is 9.42. The fourth-order valence-electron chi connectivity index (χ4n) is 1.98. The van der Waals surface area contributed by atoms with Crippen molar-refractivity contribution in [3.8, 4) is 17.0 Å². The Morgan fingerprint density at radius 3 is 2.62 bits per heavy atom. The predicted molar refractivity (Wildman–Crippen MR) is 83.4 cm³/mol. The van der Waals surface area contributed by atoms with Crippen LogP contribution in [0.4, 0.5) is 0 Å². The third-order valence-corrected chi connectivity index (χ3v) is 3.13. The van der Waals surface area contributed by atoms with Gasteiger partial charge in [0, 0.05) is 17.7 Å². The molecule has 2 aromatic rings. The Morgan fingerprint density at radius 2 is 2.00 bits per heavy atom. The molecular weight excluding hydrogens is 266 g/mol. The van der Waals surface area contributed by atoms with Crippen molar-refractivity contribution in [1.29, 1.82) is 0 Å². The fraction of sp³-hybridized carbons (Fsp3) is 0.375. The van der Waals surface area contributed by atoms with Gasteiger partial charge in [-0.3, -0.25) is 4.79 Å². The van der Waals surface area contributed by atoms with E-state index in [0.29, 0.717) is 18.0 Å². The van der Waals surface area contributed by atoms with Gasteiger partial charge in [-0.1, -0.05) is 13.8 Å². The SMILES string of the molecule is COc1ccc(-c2cc(CNCC(C)C)c(=O)[nH]n2)cc1. The van der Waals surface area contributed by atoms with Gasteiger partial charge in [-0.25, -0.2) is 5.10 Å². The molecule has 0 unspecified atom stereocenters. The number of nitrogens with zero attached hydrogens (tertiary/aromatic N) is 1. The monoisotopic (exact) mass is 287 g/mol. The van der Waals surface area contributed by atoms with Gasteiger partial charge in [-0.05, 0) is 42.8 Å². The Hall–Kier alpha value is -2.14. The third-order valence-electron chi connectivity index (χ3n) is 3.13. The zero-order valence-corrected chi connectivity index (χ0v) is 12.6. The summed E-state index contributed by atoms with van der Waals surface area (Å²) in [5.74, 6) is 1.34. The molecule has 0 saturated carbocycles. The molecule has 112 valence electrons. The van der Waals surface area contributed by atoms with Gasteiger partial charge in [0.25, 0.3) is 5.56 Å². The van der Waals surface area contributed by atoms with Crippen LogP contribution in [0.2, 0.25) is 0 Å². The third kappa shape index (κ3) is 4.16. The normalized spacial score (nSPS) is 10.9. The summed E-state index contributed by atoms with van der Waals surface area (Å²) in [5, 5.41) is 9.93. The minimum absolute atomic E-state index is 0.150. The maximum atomic E-state index is 11.8. The molecule has 0 amide bonds. The molecule has 5 heteroatoms. The van der Waals surface area contributed by atoms with Crippen molar-refractivity contribution >= 4 is 0 Å². The van der Waals surface area contributed by atoms with Crippen LogP contribution < -0.4 is 15.6 Å². The quantitative estimate of drug-likeness (QED) is 0.854. The molecule has 1 aromatic heterocycles. The number of nitrogens with one attached hydrogen (secondary N) is 2. The fourth-order valence-corrected chi connectivity index (χ4v) is 1.98. The number of benzene rings is 1. The van der Waals surface area contributed by atoms with Gasteiger partial charge in [0.15, 0.2) is 0 Å². The lowest BCUT2D eigenvalue weighted by Gasteiger charge is -2.08. The van der Waals surface area contributed by atoms with Crippen molar-refractivity contribution in [2.45, 2.75) is 20.4 Å². The standard InChI is InChI=1S/C16H21N3O2/c1-11(2)9-17-10-13-8-15(18-19-16(13)20)12-4-6-14(21-3)7-5-12/h4-8,11,17H,9-10H2,1-3H3,(H,19,20). The largest absolute Gasteiger partial charge is 0.497 e. The van der Waals surface area contributed by atoms with Gasteiger partial charge in [0.1, 0.15) is 5.75 Å². The summed E-state index contributed by atoms with van der Waals surface area (Å²) in [6.45, 7) is 5.68. The Labute approximate surface area is 124 Å². The van der Waals surface area contributed by atoms with Crippen molar-refractivity contribution in [3.05, 3.63) is 46.2 Å². The molecule has 0 atom stereocenters. The molecule has 0 saturated heterocycles. The average molecular weight is 287 g/mol. The molecule has 0 radical (unpaired) electrons. The molecule has 2 N–H and O–H groups in total. The average Bonchev–Trinajstić information content (AvgIpc) is 2.49. The van der Waals surface area contributed by atoms with Crippen LogP contribution in [-0.2, 0) is 6.54 Å². The van der Waals surface area contributed by atoms with Gasteiger partial charge in [0.2, 0.25) is 0 Å². The van der Waals surface area contributed by atoms with Crippen molar-refractivity contribution in [2.24, 2.45) is 5.92 Å². The Kier molecular flexibility index (Phi) is 5.11. The van der Waals surface area contributed by atoms with Crippen LogP contribution in [0.5, 0.6) is 5.75 Å². The molecule has 0 aliphatic heterocycles. The minimum atomic E-state index is -0.150. The van der Waals surface area contributed by atoms with E-state index in [2.05, 4.69) is 29.4 Å². The first-order chi connectivity index (χ1) is 10.1. The maximum absolute atomic E-state index is 11.8. The zero-order valence-electron chi connectivity index (χ0n) is 12.6. The number of methoxy groups -OCH3 is 1. The number of aromatic amines is 1. The first-order valence-electron chi connectivity index (χ1n) is 7.04. The number of rotatable bonds is 6. The second-order valence-corrected chi connectivity index (χ2v) is 5.36. The minimum Gasteiger partial charge on any atom is -0.497 e. The van der Waals surface area contributed by atoms with E-state index < -0.39 is 0 Å². The highest BCUT2D eigenvalue weighted by Gasteiger charge is 2.06. The molecular formula is C16H21N3O2. The Bertz CT molecular complexity index is 633. The molecule has 0 spiro atoms. The number of hydrogen-bond acceptors (Lipinski definition) is 4. The second-order valence-electron chi connectivity index (χ2n) is 5.36. The van der Waals surface area contributed by atoms with E-state index in [1.54, 1.807) is 7.11 Å². The summed E-state index contributed by atoms with van der Waals surface area (Å²) in [7, 11) is 1.63. The molecule has 0 fully saturated rings. The van der Waals surface area contributed by atoms with Crippen LogP contribution in [0, 0.1) is 5.92 Å². The van der Waals surface area contributed by atoms with Crippen LogP contribution in [0.15, 0.2) is 35.1 Å². The van der Waals surface area contributed by atoms with Crippen molar-refractivity contribution < 1.29 is 4.74 Å². The van der Waals surface area contributed by atoms with Gasteiger partial charge in [-0.15, -0.1) is 0 Å². The molecule has 1 aromatic carbocycles. The van der Waals surface area contributed by atoms with Crippen LogP contribution in [-0.4, -0.2) is 23.9 Å². The molecule has 2 rings (SSSR count). The van der Waals surface area contributed by atoms with Crippen LogP contribution >= 0.6 is 0 Å². The zero-order chi connectivity index (χ0) is 15.2. The molecule has 0 aliphatic rings. The number of H-pyrrole nitrogens is 1. The Balaban J connectivity index is 2.18. The lowest BCUT2D eigenvalue weighted by molar-refractivity contribution is 0.415. The summed E-state index contributed by atoms with van der Waals surface area (Å²) >= 11 is 0. The first-order valence-corrected chi connectivity index (χ1v) is 7.04. The predicted octanol–water partition coefficient (Wildman–Crippen LogP) is 2.19. The summed E-state index contributed by atoms with van der Waals surface area (Å²) in [4.78, 5) is 11.8. The van der Waals surface area contributed by atoms with E-state index in [0.717, 1.165) is 23.6 Å². The molecule has 0 aliphatic carbocycles. The highest BCUT2D eigenvalue weighted by Crippen LogP contribution is 2.19. The van der Waals surface area contributed by atoms with Gasteiger partial charge >= 0.3 is 0 Å². The number of hydrogen-bond donors (Lipinski definition) is 2. The molecule has 21 heavy (non-hydrogen) atoms. The van der Waals surface area contributed by atoms with E-state index in [4.69, 9.17) is 4.74 Å². The van der Waals surface area contributed by atoms with Gasteiger partial charge < -0.3 is 10.1 Å². The van der Waals surface area contributed by atoms with Crippen LogP contribution in [0.25, 0.3) is 11.3 Å². The van der Waals surface area contributed by atoms with Gasteiger partial charge in [0.05, 0.1) is 12.8 Å². The van der Waals surface area contributed by atoms with E-state index in [-0.39, 0.29) is 5.56 Å². The van der Waals surface area contributed by atoms with Crippen LogP contribution in [0.1, 0.15) is 19.4 Å². The van der Waals surface area contributed by atoms with E-state index in [1.165, 1.54) is 0 Å². The lowest BCUT2D eigenvalue weighted by atomic mass is 10.1. The van der Waals surface area contributed by atoms with E-state index in [9.17, 15) is 4.79 Å². The maximum Gasteiger partial charge on any atom is 0.268 e. The number of ether oxygens (including phenoxy) is 1. The second kappa shape index (κ2) is 7.04. The summed E-state index contributed by atoms with van der Waals surface area (Å²) < 4.78 is 5.14. The van der Waals surface area contributed by atoms with Crippen molar-refractivity contribution in [3.63, 3.8) is 0 Å². The highest BCUT2D eigenvalue weighted by molar-refractivity contribution is 5.60. The topological polar surface area (TPSA) is 67.0 Å². The molecule has 1 heterocycles. The van der Waals surface area contributed by atoms with E-state index >= 15 is 0 Å².